The van der Waals surface area contributed by atoms with E-state index < -0.39 is 11.8 Å². The van der Waals surface area contributed by atoms with Crippen LogP contribution in [0.4, 0.5) is 0 Å². The van der Waals surface area contributed by atoms with Crippen LogP contribution in [0.15, 0.2) is 70.9 Å². The quantitative estimate of drug-likeness (QED) is 0.433. The summed E-state index contributed by atoms with van der Waals surface area (Å²) < 4.78 is 21.1. The fraction of sp³-hybridized carbons (Fsp3) is 0.0833. The molecule has 0 bridgehead atoms. The molecule has 0 spiro atoms. The topological polar surface area (TPSA) is 120 Å². The Bertz CT molecular complexity index is 1200. The Hall–Kier alpha value is -4.86. The second-order valence-corrected chi connectivity index (χ2v) is 7.20. The van der Waals surface area contributed by atoms with Crippen LogP contribution in [0.1, 0.15) is 31.8 Å². The molecule has 2 N–H and O–H groups in total. The van der Waals surface area contributed by atoms with Gasteiger partial charge in [0.1, 0.15) is 0 Å². The minimum absolute atomic E-state index is 0.187. The van der Waals surface area contributed by atoms with Crippen LogP contribution < -0.4 is 29.8 Å². The van der Waals surface area contributed by atoms with E-state index in [-0.39, 0.29) is 13.6 Å². The van der Waals surface area contributed by atoms with Gasteiger partial charge in [-0.3, -0.25) is 9.59 Å². The first-order valence-electron chi connectivity index (χ1n) is 10.2. The molecule has 3 aromatic rings. The van der Waals surface area contributed by atoms with Crippen LogP contribution >= 0.6 is 0 Å². The minimum Gasteiger partial charge on any atom is -0.454 e. The van der Waals surface area contributed by atoms with Gasteiger partial charge >= 0.3 is 0 Å². The van der Waals surface area contributed by atoms with E-state index in [4.69, 9.17) is 18.9 Å². The molecule has 170 valence electrons. The van der Waals surface area contributed by atoms with Gasteiger partial charge < -0.3 is 18.9 Å². The Morgan fingerprint density at radius 2 is 1.03 bits per heavy atom. The third-order valence-electron chi connectivity index (χ3n) is 4.96. The average molecular weight is 458 g/mol. The van der Waals surface area contributed by atoms with E-state index >= 15 is 0 Å². The highest BCUT2D eigenvalue weighted by molar-refractivity contribution is 5.98. The standard InChI is InChI=1S/C24H18N4O6/c29-23(27-25-11-15-1-7-19-21(9-15)33-13-31-19)17-3-5-18(6-4-17)24(30)28-26-12-16-2-8-20-22(10-16)34-14-32-20/h1-12H,13-14H2,(H,27,29)(H,28,30)/b25-11+,26-12+. The molecule has 0 fully saturated rings. The normalized spacial score (nSPS) is 13.4. The number of nitrogens with zero attached hydrogens (tertiary/aromatic N) is 2. The molecule has 5 rings (SSSR count). The van der Waals surface area contributed by atoms with Crippen LogP contribution in [-0.2, 0) is 0 Å². The largest absolute Gasteiger partial charge is 0.454 e. The number of hydrogen-bond donors (Lipinski definition) is 2. The summed E-state index contributed by atoms with van der Waals surface area (Å²) in [6.45, 7) is 0.375. The Balaban J connectivity index is 1.13. The number of hydrazone groups is 2. The third-order valence-corrected chi connectivity index (χ3v) is 4.96. The van der Waals surface area contributed by atoms with E-state index in [2.05, 4.69) is 21.1 Å². The first-order chi connectivity index (χ1) is 16.7. The van der Waals surface area contributed by atoms with Gasteiger partial charge in [-0.05, 0) is 71.8 Å². The zero-order chi connectivity index (χ0) is 23.3. The molecule has 10 nitrogen and oxygen atoms in total. The van der Waals surface area contributed by atoms with Gasteiger partial charge in [-0.25, -0.2) is 10.9 Å². The highest BCUT2D eigenvalue weighted by atomic mass is 16.7. The molecule has 2 aliphatic heterocycles. The van der Waals surface area contributed by atoms with Gasteiger partial charge in [-0.15, -0.1) is 0 Å². The molecule has 2 aliphatic rings. The van der Waals surface area contributed by atoms with Crippen LogP contribution in [-0.4, -0.2) is 37.8 Å². The second kappa shape index (κ2) is 9.33. The lowest BCUT2D eigenvalue weighted by molar-refractivity contribution is 0.0943. The highest BCUT2D eigenvalue weighted by Gasteiger charge is 2.14. The smallest absolute Gasteiger partial charge is 0.271 e. The molecule has 0 saturated heterocycles. The van der Waals surface area contributed by atoms with Crippen LogP contribution in [0.2, 0.25) is 0 Å². The molecule has 2 amide bonds. The maximum atomic E-state index is 12.3. The summed E-state index contributed by atoms with van der Waals surface area (Å²) in [5.74, 6) is 1.77. The number of amides is 2. The van der Waals surface area contributed by atoms with E-state index in [9.17, 15) is 9.59 Å². The molecule has 0 unspecified atom stereocenters. The fourth-order valence-electron chi connectivity index (χ4n) is 3.22. The van der Waals surface area contributed by atoms with Crippen molar-refractivity contribution in [2.24, 2.45) is 10.2 Å². The molecule has 0 aromatic heterocycles. The van der Waals surface area contributed by atoms with E-state index in [0.717, 1.165) is 11.1 Å². The van der Waals surface area contributed by atoms with Crippen LogP contribution in [0.3, 0.4) is 0 Å². The number of carbonyl (C=O) groups excluding carboxylic acids is 2. The summed E-state index contributed by atoms with van der Waals surface area (Å²) in [4.78, 5) is 24.6. The zero-order valence-electron chi connectivity index (χ0n) is 17.7. The molecule has 0 radical (unpaired) electrons. The van der Waals surface area contributed by atoms with Crippen LogP contribution in [0.25, 0.3) is 0 Å². The minimum atomic E-state index is -0.412. The molecule has 0 saturated carbocycles. The summed E-state index contributed by atoms with van der Waals surface area (Å²) in [5.41, 5.74) is 7.09. The Kier molecular flexibility index (Phi) is 5.76. The monoisotopic (exact) mass is 458 g/mol. The van der Waals surface area contributed by atoms with Gasteiger partial charge in [0.2, 0.25) is 13.6 Å². The lowest BCUT2D eigenvalue weighted by Crippen LogP contribution is -2.19. The Morgan fingerprint density at radius 3 is 1.47 bits per heavy atom. The van der Waals surface area contributed by atoms with Crippen molar-refractivity contribution in [2.75, 3.05) is 13.6 Å². The summed E-state index contributed by atoms with van der Waals surface area (Å²) in [7, 11) is 0. The number of rotatable bonds is 6. The van der Waals surface area contributed by atoms with Crippen molar-refractivity contribution in [1.29, 1.82) is 0 Å². The van der Waals surface area contributed by atoms with Gasteiger partial charge in [-0.2, -0.15) is 10.2 Å². The fourth-order valence-corrected chi connectivity index (χ4v) is 3.22. The molecule has 10 heteroatoms. The summed E-state index contributed by atoms with van der Waals surface area (Å²) in [5, 5.41) is 7.91. The van der Waals surface area contributed by atoms with Gasteiger partial charge in [0.15, 0.2) is 23.0 Å². The SMILES string of the molecule is O=C(N/N=C/c1ccc2c(c1)OCO2)c1ccc(C(=O)N/N=C/c2ccc3c(c2)OCO3)cc1. The summed E-state index contributed by atoms with van der Waals surface area (Å²) >= 11 is 0. The zero-order valence-corrected chi connectivity index (χ0v) is 17.7. The molecule has 0 aliphatic carbocycles. The molecule has 3 aromatic carbocycles. The summed E-state index contributed by atoms with van der Waals surface area (Å²) in [6, 6.07) is 16.8. The van der Waals surface area contributed by atoms with Gasteiger partial charge in [0.25, 0.3) is 11.8 Å². The van der Waals surface area contributed by atoms with E-state index in [0.29, 0.717) is 34.1 Å². The first-order valence-corrected chi connectivity index (χ1v) is 10.2. The van der Waals surface area contributed by atoms with Crippen LogP contribution in [0.5, 0.6) is 23.0 Å². The first kappa shape index (κ1) is 21.0. The highest BCUT2D eigenvalue weighted by Crippen LogP contribution is 2.32. The maximum Gasteiger partial charge on any atom is 0.271 e. The van der Waals surface area contributed by atoms with Crippen molar-refractivity contribution >= 4 is 24.2 Å². The van der Waals surface area contributed by atoms with Crippen molar-refractivity contribution in [1.82, 2.24) is 10.9 Å². The number of carbonyl (C=O) groups is 2. The predicted molar refractivity (Wildman–Crippen MR) is 122 cm³/mol. The van der Waals surface area contributed by atoms with Crippen molar-refractivity contribution in [3.8, 4) is 23.0 Å². The molecular weight excluding hydrogens is 440 g/mol. The lowest BCUT2D eigenvalue weighted by atomic mass is 10.1. The molecular formula is C24H18N4O6. The number of fused-ring (bicyclic) bond motifs is 2. The summed E-state index contributed by atoms with van der Waals surface area (Å²) in [6.07, 6.45) is 3.00. The van der Waals surface area contributed by atoms with Gasteiger partial charge in [0.05, 0.1) is 12.4 Å². The molecule has 0 atom stereocenters. The molecule has 34 heavy (non-hydrogen) atoms. The van der Waals surface area contributed by atoms with Gasteiger partial charge in [-0.1, -0.05) is 0 Å². The third kappa shape index (κ3) is 4.65. The average Bonchev–Trinajstić information content (AvgIpc) is 3.52. The van der Waals surface area contributed by atoms with Crippen molar-refractivity contribution in [3.63, 3.8) is 0 Å². The maximum absolute atomic E-state index is 12.3. The van der Waals surface area contributed by atoms with E-state index in [1.807, 2.05) is 0 Å². The Morgan fingerprint density at radius 1 is 0.618 bits per heavy atom. The van der Waals surface area contributed by atoms with Crippen molar-refractivity contribution in [3.05, 3.63) is 82.9 Å². The molecule has 2 heterocycles. The number of hydrogen-bond acceptors (Lipinski definition) is 8. The number of benzene rings is 3. The van der Waals surface area contributed by atoms with Crippen molar-refractivity contribution in [2.45, 2.75) is 0 Å². The predicted octanol–water partition coefficient (Wildman–Crippen LogP) is 2.67. The second-order valence-electron chi connectivity index (χ2n) is 7.20. The van der Waals surface area contributed by atoms with Crippen molar-refractivity contribution < 1.29 is 28.5 Å². The Labute approximate surface area is 193 Å². The number of ether oxygens (including phenoxy) is 4. The van der Waals surface area contributed by atoms with Crippen LogP contribution in [0, 0.1) is 0 Å². The number of nitrogens with one attached hydrogen (secondary N) is 2. The van der Waals surface area contributed by atoms with E-state index in [1.54, 1.807) is 36.4 Å². The van der Waals surface area contributed by atoms with E-state index in [1.165, 1.54) is 36.7 Å². The van der Waals surface area contributed by atoms with Gasteiger partial charge in [0, 0.05) is 11.1 Å². The lowest BCUT2D eigenvalue weighted by Gasteiger charge is -2.03.